The molecule has 0 aliphatic rings. The first kappa shape index (κ1) is 11.6. The fraction of sp³-hybridized carbons (Fsp3) is 0.444. The number of hydrogen-bond donors (Lipinski definition) is 1. The first-order valence-corrected chi connectivity index (χ1v) is 3.89. The van der Waals surface area contributed by atoms with E-state index in [1.54, 1.807) is 27.0 Å². The van der Waals surface area contributed by atoms with Gasteiger partial charge in [-0.05, 0) is 39.3 Å². The van der Waals surface area contributed by atoms with Gasteiger partial charge >= 0.3 is 0 Å². The van der Waals surface area contributed by atoms with Gasteiger partial charge in [0.05, 0.1) is 0 Å². The molecule has 0 aromatic rings. The zero-order chi connectivity index (χ0) is 10.5. The molecule has 0 radical (unpaired) electrons. The first-order valence-electron chi connectivity index (χ1n) is 3.89. The van der Waals surface area contributed by atoms with Crippen molar-refractivity contribution in [3.05, 3.63) is 11.8 Å². The smallest absolute Gasteiger partial charge is 0.272 e. The second kappa shape index (κ2) is 4.54. The number of nitrogens with zero attached hydrogens (tertiary/aromatic N) is 2. The third kappa shape index (κ3) is 3.64. The van der Waals surface area contributed by atoms with Crippen LogP contribution >= 0.6 is 0 Å². The molecule has 1 amide bonds. The number of carbonyl (C=O) groups excluding carboxylic acids is 1. The van der Waals surface area contributed by atoms with Crippen LogP contribution in [0.4, 0.5) is 0 Å². The number of hydrogen-bond acceptors (Lipinski definition) is 3. The lowest BCUT2D eigenvalue weighted by Gasteiger charge is -2.13. The fourth-order valence-corrected chi connectivity index (χ4v) is 0.555. The van der Waals surface area contributed by atoms with Crippen LogP contribution < -0.4 is 5.73 Å². The average Bonchev–Trinajstić information content (AvgIpc) is 2.12. The molecule has 0 unspecified atom stereocenters. The van der Waals surface area contributed by atoms with E-state index >= 15 is 0 Å². The summed E-state index contributed by atoms with van der Waals surface area (Å²) in [5, 5.41) is 0. The number of carbonyl (C=O) groups is 1. The average molecular weight is 181 g/mol. The van der Waals surface area contributed by atoms with Gasteiger partial charge in [-0.2, -0.15) is 0 Å². The molecule has 13 heavy (non-hydrogen) atoms. The van der Waals surface area contributed by atoms with Gasteiger partial charge in [0, 0.05) is 6.21 Å². The molecule has 72 valence electrons. The predicted octanol–water partition coefficient (Wildman–Crippen LogP) is 0.925. The van der Waals surface area contributed by atoms with Gasteiger partial charge in [-0.3, -0.25) is 9.79 Å². The second-order valence-electron chi connectivity index (χ2n) is 3.19. The summed E-state index contributed by atoms with van der Waals surface area (Å²) in [6.45, 7) is 8.30. The Morgan fingerprint density at radius 3 is 2.46 bits per heavy atom. The maximum absolute atomic E-state index is 11.1. The lowest BCUT2D eigenvalue weighted by Crippen LogP contribution is -2.27. The van der Waals surface area contributed by atoms with Crippen molar-refractivity contribution in [2.45, 2.75) is 26.3 Å². The summed E-state index contributed by atoms with van der Waals surface area (Å²) in [7, 11) is 0. The molecule has 0 fully saturated rings. The zero-order valence-electron chi connectivity index (χ0n) is 8.24. The normalized spacial score (nSPS) is 13.3. The van der Waals surface area contributed by atoms with Crippen LogP contribution in [-0.2, 0) is 4.79 Å². The van der Waals surface area contributed by atoms with Crippen molar-refractivity contribution in [3.8, 4) is 0 Å². The number of amides is 1. The van der Waals surface area contributed by atoms with Gasteiger partial charge in [0.25, 0.3) is 5.91 Å². The van der Waals surface area contributed by atoms with Crippen molar-refractivity contribution >= 4 is 18.8 Å². The Labute approximate surface area is 78.3 Å². The van der Waals surface area contributed by atoms with Crippen LogP contribution in [0.25, 0.3) is 0 Å². The molecule has 2 N–H and O–H groups in total. The molecule has 0 rings (SSSR count). The van der Waals surface area contributed by atoms with E-state index in [2.05, 4.69) is 16.7 Å². The quantitative estimate of drug-likeness (QED) is 0.658. The van der Waals surface area contributed by atoms with E-state index in [0.29, 0.717) is 0 Å². The highest BCUT2D eigenvalue weighted by molar-refractivity contribution is 5.91. The highest BCUT2D eigenvalue weighted by Crippen LogP contribution is 2.10. The summed E-state index contributed by atoms with van der Waals surface area (Å²) in [5.74, 6) is -0.353. The first-order chi connectivity index (χ1) is 5.94. The van der Waals surface area contributed by atoms with E-state index in [-0.39, 0.29) is 5.91 Å². The maximum Gasteiger partial charge on any atom is 0.272 e. The summed E-state index contributed by atoms with van der Waals surface area (Å²) in [6, 6.07) is 0. The van der Waals surface area contributed by atoms with Crippen molar-refractivity contribution in [2.24, 2.45) is 15.7 Å². The molecule has 0 bridgehead atoms. The molecule has 0 saturated carbocycles. The van der Waals surface area contributed by atoms with Crippen LogP contribution in [0.3, 0.4) is 0 Å². The van der Waals surface area contributed by atoms with Crippen molar-refractivity contribution in [1.29, 1.82) is 0 Å². The van der Waals surface area contributed by atoms with Crippen LogP contribution in [0.1, 0.15) is 20.8 Å². The van der Waals surface area contributed by atoms with Crippen LogP contribution in [0.2, 0.25) is 0 Å². The molecular weight excluding hydrogens is 166 g/mol. The Balaban J connectivity index is 4.59. The lowest BCUT2D eigenvalue weighted by atomic mass is 10.1. The standard InChI is InChI=1S/C9H15N3O/c1-7(5-10)6-12-9(2,3)8(13)11-4/h5-6H,4,10H2,1-3H3. The van der Waals surface area contributed by atoms with Gasteiger partial charge in [-0.25, -0.2) is 4.99 Å². The van der Waals surface area contributed by atoms with Crippen LogP contribution in [0.5, 0.6) is 0 Å². The molecular formula is C9H15N3O. The van der Waals surface area contributed by atoms with Crippen LogP contribution in [-0.4, -0.2) is 24.4 Å². The number of aliphatic imine (C=N–C) groups is 2. The van der Waals surface area contributed by atoms with Crippen molar-refractivity contribution in [2.75, 3.05) is 0 Å². The Hall–Kier alpha value is -1.45. The molecule has 4 nitrogen and oxygen atoms in total. The lowest BCUT2D eigenvalue weighted by molar-refractivity contribution is -0.121. The minimum atomic E-state index is -0.855. The van der Waals surface area contributed by atoms with E-state index in [1.165, 1.54) is 6.20 Å². The summed E-state index contributed by atoms with van der Waals surface area (Å²) in [6.07, 6.45) is 2.97. The third-order valence-electron chi connectivity index (χ3n) is 1.52. The van der Waals surface area contributed by atoms with Gasteiger partial charge in [0.15, 0.2) is 0 Å². The molecule has 0 aliphatic carbocycles. The van der Waals surface area contributed by atoms with Gasteiger partial charge in [0.2, 0.25) is 0 Å². The zero-order valence-corrected chi connectivity index (χ0v) is 8.24. The molecule has 0 spiro atoms. The van der Waals surface area contributed by atoms with Crippen molar-refractivity contribution in [1.82, 2.24) is 0 Å². The predicted molar refractivity (Wildman–Crippen MR) is 55.1 cm³/mol. The summed E-state index contributed by atoms with van der Waals surface area (Å²) in [5.41, 5.74) is 5.18. The molecule has 0 aromatic heterocycles. The van der Waals surface area contributed by atoms with Gasteiger partial charge in [-0.1, -0.05) is 0 Å². The molecule has 0 heterocycles. The highest BCUT2D eigenvalue weighted by Gasteiger charge is 2.24. The van der Waals surface area contributed by atoms with Crippen LogP contribution in [0.15, 0.2) is 21.8 Å². The molecule has 4 heteroatoms. The van der Waals surface area contributed by atoms with Crippen molar-refractivity contribution in [3.63, 3.8) is 0 Å². The van der Waals surface area contributed by atoms with E-state index in [9.17, 15) is 4.79 Å². The van der Waals surface area contributed by atoms with E-state index in [0.717, 1.165) is 5.57 Å². The molecule has 0 aliphatic heterocycles. The summed E-state index contributed by atoms with van der Waals surface area (Å²) < 4.78 is 0. The van der Waals surface area contributed by atoms with Crippen LogP contribution in [0, 0.1) is 0 Å². The Morgan fingerprint density at radius 2 is 2.08 bits per heavy atom. The Kier molecular flexibility index (Phi) is 4.04. The number of allylic oxidation sites excluding steroid dienone is 1. The van der Waals surface area contributed by atoms with Crippen molar-refractivity contribution < 1.29 is 4.79 Å². The van der Waals surface area contributed by atoms with Gasteiger partial charge in [0.1, 0.15) is 5.54 Å². The second-order valence-corrected chi connectivity index (χ2v) is 3.19. The Bertz CT molecular complexity index is 264. The monoisotopic (exact) mass is 181 g/mol. The molecule has 0 atom stereocenters. The fourth-order valence-electron chi connectivity index (χ4n) is 0.555. The van der Waals surface area contributed by atoms with E-state index in [1.807, 2.05) is 0 Å². The Morgan fingerprint density at radius 1 is 1.54 bits per heavy atom. The summed E-state index contributed by atoms with van der Waals surface area (Å²) in [4.78, 5) is 18.5. The topological polar surface area (TPSA) is 67.8 Å². The van der Waals surface area contributed by atoms with Gasteiger partial charge < -0.3 is 5.73 Å². The molecule has 0 saturated heterocycles. The molecule has 0 aromatic carbocycles. The minimum Gasteiger partial charge on any atom is -0.404 e. The largest absolute Gasteiger partial charge is 0.404 e. The SMILES string of the molecule is C=NC(=O)C(C)(C)N=CC(C)=CN. The van der Waals surface area contributed by atoms with E-state index < -0.39 is 5.54 Å². The number of nitrogens with two attached hydrogens (primary N) is 1. The third-order valence-corrected chi connectivity index (χ3v) is 1.52. The van der Waals surface area contributed by atoms with E-state index in [4.69, 9.17) is 5.73 Å². The highest BCUT2D eigenvalue weighted by atomic mass is 16.1. The maximum atomic E-state index is 11.1. The minimum absolute atomic E-state index is 0.353. The number of rotatable bonds is 3. The van der Waals surface area contributed by atoms with Gasteiger partial charge in [-0.15, -0.1) is 0 Å². The summed E-state index contributed by atoms with van der Waals surface area (Å²) >= 11 is 0.